The van der Waals surface area contributed by atoms with Crippen LogP contribution in [-0.4, -0.2) is 17.2 Å². The van der Waals surface area contributed by atoms with Crippen LogP contribution in [0.1, 0.15) is 10.4 Å². The molecule has 68 valence electrons. The SMILES string of the molecule is O=C1c2ccc(I)cc2OCC1Br. The van der Waals surface area contributed by atoms with Crippen molar-refractivity contribution >= 4 is 44.3 Å². The molecule has 4 heteroatoms. The van der Waals surface area contributed by atoms with E-state index in [2.05, 4.69) is 38.5 Å². The molecule has 2 nitrogen and oxygen atoms in total. The van der Waals surface area contributed by atoms with E-state index < -0.39 is 0 Å². The summed E-state index contributed by atoms with van der Waals surface area (Å²) in [5.41, 5.74) is 0.675. The zero-order valence-electron chi connectivity index (χ0n) is 6.59. The van der Waals surface area contributed by atoms with Crippen molar-refractivity contribution in [2.75, 3.05) is 6.61 Å². The molecule has 0 saturated carbocycles. The number of rotatable bonds is 0. The van der Waals surface area contributed by atoms with Gasteiger partial charge in [-0.25, -0.2) is 0 Å². The molecule has 0 aromatic heterocycles. The molecular weight excluding hydrogens is 347 g/mol. The van der Waals surface area contributed by atoms with Gasteiger partial charge >= 0.3 is 0 Å². The van der Waals surface area contributed by atoms with Gasteiger partial charge in [0.25, 0.3) is 0 Å². The Morgan fingerprint density at radius 1 is 1.54 bits per heavy atom. The fourth-order valence-electron chi connectivity index (χ4n) is 1.23. The number of alkyl halides is 1. The summed E-state index contributed by atoms with van der Waals surface area (Å²) in [7, 11) is 0. The van der Waals surface area contributed by atoms with Gasteiger partial charge in [0.1, 0.15) is 17.2 Å². The first-order valence-corrected chi connectivity index (χ1v) is 5.78. The minimum Gasteiger partial charge on any atom is -0.491 e. The minimum absolute atomic E-state index is 0.109. The van der Waals surface area contributed by atoms with Crippen molar-refractivity contribution in [2.24, 2.45) is 0 Å². The van der Waals surface area contributed by atoms with Gasteiger partial charge in [-0.1, -0.05) is 15.9 Å². The second-order valence-corrected chi connectivity index (χ2v) is 5.13. The van der Waals surface area contributed by atoms with Crippen molar-refractivity contribution in [1.82, 2.24) is 0 Å². The molecule has 0 spiro atoms. The van der Waals surface area contributed by atoms with Crippen LogP contribution in [0.25, 0.3) is 0 Å². The van der Waals surface area contributed by atoms with Gasteiger partial charge in [0.15, 0.2) is 5.78 Å². The summed E-state index contributed by atoms with van der Waals surface area (Å²) >= 11 is 5.46. The lowest BCUT2D eigenvalue weighted by atomic mass is 10.1. The maximum absolute atomic E-state index is 11.6. The molecule has 0 bridgehead atoms. The molecule has 0 N–H and O–H groups in total. The molecule has 1 aromatic rings. The number of halogens is 2. The predicted octanol–water partition coefficient (Wildman–Crippen LogP) is 2.63. The van der Waals surface area contributed by atoms with Crippen LogP contribution in [0.4, 0.5) is 0 Å². The lowest BCUT2D eigenvalue weighted by Crippen LogP contribution is -2.27. The highest BCUT2D eigenvalue weighted by Gasteiger charge is 2.26. The Labute approximate surface area is 97.9 Å². The molecule has 1 heterocycles. The van der Waals surface area contributed by atoms with Gasteiger partial charge in [0.2, 0.25) is 0 Å². The maximum Gasteiger partial charge on any atom is 0.183 e. The fourth-order valence-corrected chi connectivity index (χ4v) is 2.07. The first kappa shape index (κ1) is 9.45. The van der Waals surface area contributed by atoms with Gasteiger partial charge in [0, 0.05) is 3.57 Å². The van der Waals surface area contributed by atoms with Crippen molar-refractivity contribution in [3.8, 4) is 5.75 Å². The second kappa shape index (κ2) is 3.57. The van der Waals surface area contributed by atoms with E-state index in [1.165, 1.54) is 0 Å². The number of fused-ring (bicyclic) bond motifs is 1. The number of hydrogen-bond acceptors (Lipinski definition) is 2. The molecule has 0 saturated heterocycles. The van der Waals surface area contributed by atoms with Gasteiger partial charge in [-0.15, -0.1) is 0 Å². The van der Waals surface area contributed by atoms with E-state index in [-0.39, 0.29) is 10.6 Å². The highest BCUT2D eigenvalue weighted by molar-refractivity contribution is 14.1. The molecular formula is C9H6BrIO2. The Bertz CT molecular complexity index is 365. The molecule has 1 atom stereocenters. The number of hydrogen-bond donors (Lipinski definition) is 0. The Kier molecular flexibility index (Phi) is 2.60. The molecule has 0 radical (unpaired) electrons. The predicted molar refractivity (Wildman–Crippen MR) is 61.7 cm³/mol. The number of benzene rings is 1. The van der Waals surface area contributed by atoms with Gasteiger partial charge in [-0.2, -0.15) is 0 Å². The number of ketones is 1. The zero-order chi connectivity index (χ0) is 9.42. The topological polar surface area (TPSA) is 26.3 Å². The second-order valence-electron chi connectivity index (χ2n) is 2.78. The third-order valence-corrected chi connectivity index (χ3v) is 3.23. The Morgan fingerprint density at radius 3 is 3.08 bits per heavy atom. The van der Waals surface area contributed by atoms with Crippen molar-refractivity contribution in [1.29, 1.82) is 0 Å². The van der Waals surface area contributed by atoms with Gasteiger partial charge in [-0.05, 0) is 40.8 Å². The molecule has 0 aliphatic carbocycles. The van der Waals surface area contributed by atoms with Crippen LogP contribution < -0.4 is 4.74 Å². The van der Waals surface area contributed by atoms with Crippen LogP contribution in [0.2, 0.25) is 0 Å². The average molecular weight is 353 g/mol. The molecule has 1 aliphatic rings. The van der Waals surface area contributed by atoms with Crippen molar-refractivity contribution < 1.29 is 9.53 Å². The van der Waals surface area contributed by atoms with E-state index in [0.29, 0.717) is 17.9 Å². The van der Waals surface area contributed by atoms with Crippen LogP contribution in [0.5, 0.6) is 5.75 Å². The van der Waals surface area contributed by atoms with Crippen molar-refractivity contribution in [3.63, 3.8) is 0 Å². The smallest absolute Gasteiger partial charge is 0.183 e. The lowest BCUT2D eigenvalue weighted by molar-refractivity contribution is 0.0946. The standard InChI is InChI=1S/C9H6BrIO2/c10-7-4-13-8-3-5(11)1-2-6(8)9(7)12/h1-3,7H,4H2. The third kappa shape index (κ3) is 1.74. The molecule has 1 aliphatic heterocycles. The maximum atomic E-state index is 11.6. The molecule has 0 fully saturated rings. The largest absolute Gasteiger partial charge is 0.491 e. The van der Waals surface area contributed by atoms with Crippen LogP contribution >= 0.6 is 38.5 Å². The highest BCUT2D eigenvalue weighted by atomic mass is 127. The zero-order valence-corrected chi connectivity index (χ0v) is 10.3. The molecule has 1 aromatic carbocycles. The van der Waals surface area contributed by atoms with Gasteiger partial charge in [-0.3, -0.25) is 4.79 Å². The number of Topliss-reactive ketones (excluding diaryl/α,β-unsaturated/α-hetero) is 1. The number of carbonyl (C=O) groups excluding carboxylic acids is 1. The molecule has 2 rings (SSSR count). The van der Waals surface area contributed by atoms with E-state index in [0.717, 1.165) is 3.57 Å². The Hall–Kier alpha value is -0.100. The Balaban J connectivity index is 2.50. The molecule has 1 unspecified atom stereocenters. The van der Waals surface area contributed by atoms with E-state index >= 15 is 0 Å². The van der Waals surface area contributed by atoms with Gasteiger partial charge < -0.3 is 4.74 Å². The Morgan fingerprint density at radius 2 is 2.31 bits per heavy atom. The quantitative estimate of drug-likeness (QED) is 0.530. The minimum atomic E-state index is -0.194. The van der Waals surface area contributed by atoms with E-state index in [1.807, 2.05) is 18.2 Å². The van der Waals surface area contributed by atoms with E-state index in [9.17, 15) is 4.79 Å². The first-order chi connectivity index (χ1) is 6.18. The van der Waals surface area contributed by atoms with Crippen LogP contribution in [0, 0.1) is 3.57 Å². The highest BCUT2D eigenvalue weighted by Crippen LogP contribution is 2.28. The van der Waals surface area contributed by atoms with E-state index in [4.69, 9.17) is 4.74 Å². The summed E-state index contributed by atoms with van der Waals surface area (Å²) in [5.74, 6) is 0.810. The number of ether oxygens (including phenoxy) is 1. The number of carbonyl (C=O) groups is 1. The lowest BCUT2D eigenvalue weighted by Gasteiger charge is -2.20. The molecule has 13 heavy (non-hydrogen) atoms. The van der Waals surface area contributed by atoms with Crippen LogP contribution in [0.15, 0.2) is 18.2 Å². The summed E-state index contributed by atoms with van der Waals surface area (Å²) in [4.78, 5) is 11.4. The van der Waals surface area contributed by atoms with Crippen molar-refractivity contribution in [2.45, 2.75) is 4.83 Å². The summed E-state index contributed by atoms with van der Waals surface area (Å²) in [6.07, 6.45) is 0. The van der Waals surface area contributed by atoms with Crippen molar-refractivity contribution in [3.05, 3.63) is 27.3 Å². The average Bonchev–Trinajstić information content (AvgIpc) is 2.12. The molecule has 0 amide bonds. The third-order valence-electron chi connectivity index (χ3n) is 1.88. The first-order valence-electron chi connectivity index (χ1n) is 3.79. The monoisotopic (exact) mass is 352 g/mol. The van der Waals surface area contributed by atoms with Crippen LogP contribution in [-0.2, 0) is 0 Å². The van der Waals surface area contributed by atoms with Gasteiger partial charge in [0.05, 0.1) is 5.56 Å². The summed E-state index contributed by atoms with van der Waals surface area (Å²) < 4.78 is 6.50. The summed E-state index contributed by atoms with van der Waals surface area (Å²) in [5, 5.41) is 0. The van der Waals surface area contributed by atoms with Crippen LogP contribution in [0.3, 0.4) is 0 Å². The summed E-state index contributed by atoms with van der Waals surface area (Å²) in [6, 6.07) is 5.60. The van der Waals surface area contributed by atoms with E-state index in [1.54, 1.807) is 0 Å². The summed E-state index contributed by atoms with van der Waals surface area (Å²) in [6.45, 7) is 0.423. The fraction of sp³-hybridized carbons (Fsp3) is 0.222. The normalized spacial score (nSPS) is 20.8.